The first-order chi connectivity index (χ1) is 12.7. The van der Waals surface area contributed by atoms with E-state index in [9.17, 15) is 4.79 Å². The first kappa shape index (κ1) is 17.2. The van der Waals surface area contributed by atoms with Gasteiger partial charge >= 0.3 is 0 Å². The maximum absolute atomic E-state index is 12.8. The highest BCUT2D eigenvalue weighted by atomic mass is 35.5. The fourth-order valence-corrected chi connectivity index (χ4v) is 3.75. The smallest absolute Gasteiger partial charge is 0.241 e. The van der Waals surface area contributed by atoms with Crippen molar-refractivity contribution in [1.82, 2.24) is 25.7 Å². The molecule has 1 aromatic carbocycles. The van der Waals surface area contributed by atoms with Crippen molar-refractivity contribution in [2.75, 3.05) is 31.1 Å². The van der Waals surface area contributed by atoms with E-state index in [1.807, 2.05) is 29.2 Å². The third-order valence-corrected chi connectivity index (χ3v) is 5.25. The molecule has 2 saturated heterocycles. The number of hydrazine groups is 1. The van der Waals surface area contributed by atoms with Crippen molar-refractivity contribution in [3.63, 3.8) is 0 Å². The van der Waals surface area contributed by atoms with Gasteiger partial charge in [0.25, 0.3) is 0 Å². The molecule has 0 radical (unpaired) electrons. The van der Waals surface area contributed by atoms with Crippen LogP contribution in [0.2, 0.25) is 5.02 Å². The largest absolute Gasteiger partial charge is 0.338 e. The second kappa shape index (κ2) is 7.57. The molecule has 0 bridgehead atoms. The molecule has 0 saturated carbocycles. The van der Waals surface area contributed by atoms with Gasteiger partial charge in [0.05, 0.1) is 0 Å². The highest BCUT2D eigenvalue weighted by Crippen LogP contribution is 2.28. The predicted molar refractivity (Wildman–Crippen MR) is 99.7 cm³/mol. The van der Waals surface area contributed by atoms with Crippen LogP contribution in [0.4, 0.5) is 5.95 Å². The predicted octanol–water partition coefficient (Wildman–Crippen LogP) is 1.39. The molecule has 2 unspecified atom stereocenters. The van der Waals surface area contributed by atoms with Crippen LogP contribution in [-0.4, -0.2) is 53.0 Å². The van der Waals surface area contributed by atoms with Gasteiger partial charge in [-0.05, 0) is 24.1 Å². The van der Waals surface area contributed by atoms with Crippen LogP contribution >= 0.6 is 11.6 Å². The maximum Gasteiger partial charge on any atom is 0.241 e. The van der Waals surface area contributed by atoms with Crippen molar-refractivity contribution in [1.29, 1.82) is 0 Å². The van der Waals surface area contributed by atoms with Gasteiger partial charge < -0.3 is 9.80 Å². The molecule has 4 rings (SSSR count). The Balaban J connectivity index is 1.34. The van der Waals surface area contributed by atoms with Gasteiger partial charge in [0, 0.05) is 49.6 Å². The number of halogens is 1. The van der Waals surface area contributed by atoms with Crippen LogP contribution in [-0.2, 0) is 4.79 Å². The van der Waals surface area contributed by atoms with Crippen molar-refractivity contribution in [2.24, 2.45) is 0 Å². The average Bonchev–Trinajstić information content (AvgIpc) is 3.18. The fraction of sp³-hybridized carbons (Fsp3) is 0.389. The molecule has 0 spiro atoms. The number of nitrogens with one attached hydrogen (secondary N) is 2. The summed E-state index contributed by atoms with van der Waals surface area (Å²) in [5, 5.41) is 0.719. The monoisotopic (exact) mass is 372 g/mol. The average molecular weight is 373 g/mol. The van der Waals surface area contributed by atoms with Gasteiger partial charge in [-0.1, -0.05) is 29.8 Å². The molecule has 2 aliphatic rings. The third kappa shape index (κ3) is 3.51. The molecular weight excluding hydrogens is 352 g/mol. The van der Waals surface area contributed by atoms with E-state index in [1.54, 1.807) is 18.5 Å². The van der Waals surface area contributed by atoms with Crippen LogP contribution in [0, 0.1) is 0 Å². The summed E-state index contributed by atoms with van der Waals surface area (Å²) in [6, 6.07) is 9.34. The van der Waals surface area contributed by atoms with Crippen molar-refractivity contribution in [3.05, 3.63) is 53.3 Å². The Hall–Kier alpha value is -2.22. The molecule has 26 heavy (non-hydrogen) atoms. The molecule has 8 heteroatoms. The number of aromatic nitrogens is 2. The standard InChI is InChI=1S/C18H21ClN6O/c19-14-5-2-1-4-13(14)15-12-16(23-22-15)17(26)24-8-10-25(11-9-24)18-20-6-3-7-21-18/h1-7,15-16,22-23H,8-12H2. The summed E-state index contributed by atoms with van der Waals surface area (Å²) in [4.78, 5) is 25.4. The summed E-state index contributed by atoms with van der Waals surface area (Å²) in [7, 11) is 0. The lowest BCUT2D eigenvalue weighted by Crippen LogP contribution is -2.54. The molecule has 136 valence electrons. The van der Waals surface area contributed by atoms with Gasteiger partial charge in [0.1, 0.15) is 6.04 Å². The fourth-order valence-electron chi connectivity index (χ4n) is 3.48. The maximum atomic E-state index is 12.8. The van der Waals surface area contributed by atoms with Gasteiger partial charge in [-0.15, -0.1) is 0 Å². The summed E-state index contributed by atoms with van der Waals surface area (Å²) in [5.74, 6) is 0.847. The van der Waals surface area contributed by atoms with E-state index in [-0.39, 0.29) is 18.0 Å². The number of amides is 1. The summed E-state index contributed by atoms with van der Waals surface area (Å²) in [6.07, 6.45) is 4.16. The van der Waals surface area contributed by atoms with Crippen molar-refractivity contribution >= 4 is 23.5 Å². The summed E-state index contributed by atoms with van der Waals surface area (Å²) >= 11 is 6.27. The second-order valence-corrected chi connectivity index (χ2v) is 6.92. The van der Waals surface area contributed by atoms with Gasteiger partial charge in [0.2, 0.25) is 11.9 Å². The topological polar surface area (TPSA) is 73.4 Å². The van der Waals surface area contributed by atoms with Crippen LogP contribution in [0.5, 0.6) is 0 Å². The molecule has 2 fully saturated rings. The molecule has 2 aliphatic heterocycles. The van der Waals surface area contributed by atoms with E-state index < -0.39 is 0 Å². The zero-order valence-electron chi connectivity index (χ0n) is 14.3. The molecule has 7 nitrogen and oxygen atoms in total. The van der Waals surface area contributed by atoms with Crippen LogP contribution in [0.3, 0.4) is 0 Å². The lowest BCUT2D eigenvalue weighted by Gasteiger charge is -2.35. The normalized spacial score (nSPS) is 23.3. The Bertz CT molecular complexity index is 765. The minimum Gasteiger partial charge on any atom is -0.338 e. The van der Waals surface area contributed by atoms with E-state index in [4.69, 9.17) is 11.6 Å². The van der Waals surface area contributed by atoms with Crippen LogP contribution in [0.15, 0.2) is 42.7 Å². The lowest BCUT2D eigenvalue weighted by atomic mass is 10.0. The highest BCUT2D eigenvalue weighted by Gasteiger charge is 2.34. The van der Waals surface area contributed by atoms with Gasteiger partial charge in [-0.25, -0.2) is 20.8 Å². The van der Waals surface area contributed by atoms with Crippen LogP contribution < -0.4 is 15.8 Å². The molecule has 1 aromatic heterocycles. The highest BCUT2D eigenvalue weighted by molar-refractivity contribution is 6.31. The molecule has 2 atom stereocenters. The van der Waals surface area contributed by atoms with E-state index in [2.05, 4.69) is 25.7 Å². The van der Waals surface area contributed by atoms with Crippen LogP contribution in [0.25, 0.3) is 0 Å². The van der Waals surface area contributed by atoms with Crippen molar-refractivity contribution in [3.8, 4) is 0 Å². The lowest BCUT2D eigenvalue weighted by molar-refractivity contribution is -0.133. The van der Waals surface area contributed by atoms with Gasteiger partial charge in [-0.2, -0.15) is 0 Å². The number of carbonyl (C=O) groups is 1. The number of rotatable bonds is 3. The molecular formula is C18H21ClN6O. The Morgan fingerprint density at radius 3 is 2.50 bits per heavy atom. The Morgan fingerprint density at radius 2 is 1.77 bits per heavy atom. The minimum absolute atomic E-state index is 0.0386. The number of carbonyl (C=O) groups excluding carboxylic acids is 1. The summed E-state index contributed by atoms with van der Waals surface area (Å²) < 4.78 is 0. The number of hydrogen-bond donors (Lipinski definition) is 2. The number of hydrogen-bond acceptors (Lipinski definition) is 6. The Morgan fingerprint density at radius 1 is 1.04 bits per heavy atom. The molecule has 2 aromatic rings. The van der Waals surface area contributed by atoms with E-state index in [0.29, 0.717) is 19.5 Å². The molecule has 2 N–H and O–H groups in total. The SMILES string of the molecule is O=C(C1CC(c2ccccc2Cl)NN1)N1CCN(c2ncccn2)CC1. The Kier molecular flexibility index (Phi) is 5.01. The quantitative estimate of drug-likeness (QED) is 0.848. The number of piperazine rings is 1. The second-order valence-electron chi connectivity index (χ2n) is 6.51. The summed E-state index contributed by atoms with van der Waals surface area (Å²) in [5.41, 5.74) is 7.36. The van der Waals surface area contributed by atoms with E-state index in [1.165, 1.54) is 0 Å². The summed E-state index contributed by atoms with van der Waals surface area (Å²) in [6.45, 7) is 2.83. The van der Waals surface area contributed by atoms with E-state index >= 15 is 0 Å². The number of anilines is 1. The number of nitrogens with zero attached hydrogens (tertiary/aromatic N) is 4. The van der Waals surface area contributed by atoms with Gasteiger partial charge in [-0.3, -0.25) is 4.79 Å². The molecule has 3 heterocycles. The Labute approximate surface area is 157 Å². The minimum atomic E-state index is -0.240. The van der Waals surface area contributed by atoms with Crippen molar-refractivity contribution < 1.29 is 4.79 Å². The first-order valence-corrected chi connectivity index (χ1v) is 9.16. The zero-order valence-corrected chi connectivity index (χ0v) is 15.1. The van der Waals surface area contributed by atoms with Crippen LogP contribution in [0.1, 0.15) is 18.0 Å². The molecule has 0 aliphatic carbocycles. The molecule has 1 amide bonds. The number of benzene rings is 1. The van der Waals surface area contributed by atoms with Gasteiger partial charge in [0.15, 0.2) is 0 Å². The zero-order chi connectivity index (χ0) is 17.9. The first-order valence-electron chi connectivity index (χ1n) is 8.78. The van der Waals surface area contributed by atoms with E-state index in [0.717, 1.165) is 29.6 Å². The van der Waals surface area contributed by atoms with Crippen molar-refractivity contribution in [2.45, 2.75) is 18.5 Å². The third-order valence-electron chi connectivity index (χ3n) is 4.91.